The first-order chi connectivity index (χ1) is 14.1. The molecule has 3 aromatic rings. The zero-order valence-corrected chi connectivity index (χ0v) is 15.3. The molecular formula is C19H19N5O5. The number of aliphatic hydroxyl groups excluding tert-OH is 2. The number of nitrogens with zero attached hydrogens (tertiary/aromatic N) is 4. The number of amides is 1. The van der Waals surface area contributed by atoms with E-state index in [0.717, 1.165) is 0 Å². The van der Waals surface area contributed by atoms with E-state index in [1.165, 1.54) is 6.33 Å². The van der Waals surface area contributed by atoms with Crippen molar-refractivity contribution >= 4 is 22.9 Å². The van der Waals surface area contributed by atoms with Crippen LogP contribution in [0.25, 0.3) is 11.2 Å². The Balaban J connectivity index is 1.46. The van der Waals surface area contributed by atoms with Gasteiger partial charge in [0.05, 0.1) is 32.2 Å². The lowest BCUT2D eigenvalue weighted by molar-refractivity contribution is -0.165. The van der Waals surface area contributed by atoms with E-state index in [0.29, 0.717) is 16.7 Å². The molecule has 4 atom stereocenters. The molecule has 2 bridgehead atoms. The van der Waals surface area contributed by atoms with Gasteiger partial charge in [-0.25, -0.2) is 15.0 Å². The van der Waals surface area contributed by atoms with E-state index in [4.69, 9.17) is 9.47 Å². The number of imidazole rings is 1. The Hall–Kier alpha value is -2.92. The molecule has 1 aromatic carbocycles. The van der Waals surface area contributed by atoms with Gasteiger partial charge in [-0.1, -0.05) is 18.2 Å². The number of aliphatic hydroxyl groups is 2. The van der Waals surface area contributed by atoms with Crippen LogP contribution in [0.15, 0.2) is 43.0 Å². The van der Waals surface area contributed by atoms with Crippen molar-refractivity contribution in [2.24, 2.45) is 0 Å². The summed E-state index contributed by atoms with van der Waals surface area (Å²) in [7, 11) is 0. The standard InChI is InChI=1S/C19H19N5O5/c25-7-19-8-28-14(15(19)26)12(6-29-19)24-10-22-13-16(20-9-21-17(13)24)23-18(27)11-4-2-1-3-5-11/h1-5,9-10,12,14-15,25-26H,6-8H2,(H,20,21,23,27). The van der Waals surface area contributed by atoms with Crippen molar-refractivity contribution in [3.05, 3.63) is 48.5 Å². The van der Waals surface area contributed by atoms with Crippen molar-refractivity contribution in [3.8, 4) is 0 Å². The molecule has 10 heteroatoms. The lowest BCUT2D eigenvalue weighted by Gasteiger charge is -2.38. The number of anilines is 1. The molecule has 0 spiro atoms. The van der Waals surface area contributed by atoms with E-state index in [-0.39, 0.29) is 37.6 Å². The molecule has 150 valence electrons. The molecule has 10 nitrogen and oxygen atoms in total. The molecule has 4 unspecified atom stereocenters. The van der Waals surface area contributed by atoms with Crippen LogP contribution in [0.3, 0.4) is 0 Å². The molecule has 3 N–H and O–H groups in total. The van der Waals surface area contributed by atoms with Gasteiger partial charge in [0.2, 0.25) is 0 Å². The van der Waals surface area contributed by atoms with Gasteiger partial charge < -0.3 is 29.6 Å². The third kappa shape index (κ3) is 2.80. The van der Waals surface area contributed by atoms with Gasteiger partial charge in [-0.3, -0.25) is 4.79 Å². The van der Waals surface area contributed by atoms with Crippen LogP contribution in [0, 0.1) is 0 Å². The van der Waals surface area contributed by atoms with Crippen molar-refractivity contribution in [2.45, 2.75) is 23.9 Å². The summed E-state index contributed by atoms with van der Waals surface area (Å²) < 4.78 is 13.2. The first-order valence-corrected chi connectivity index (χ1v) is 9.21. The van der Waals surface area contributed by atoms with Gasteiger partial charge in [-0.05, 0) is 12.1 Å². The monoisotopic (exact) mass is 397 g/mol. The van der Waals surface area contributed by atoms with Crippen molar-refractivity contribution in [1.82, 2.24) is 19.5 Å². The second-order valence-electron chi connectivity index (χ2n) is 7.19. The molecular weight excluding hydrogens is 378 g/mol. The highest BCUT2D eigenvalue weighted by Crippen LogP contribution is 2.40. The molecule has 2 saturated heterocycles. The minimum Gasteiger partial charge on any atom is -0.393 e. The van der Waals surface area contributed by atoms with Crippen molar-refractivity contribution in [1.29, 1.82) is 0 Å². The number of aromatic nitrogens is 4. The van der Waals surface area contributed by atoms with E-state index in [2.05, 4.69) is 20.3 Å². The number of hydrogen-bond donors (Lipinski definition) is 3. The highest BCUT2D eigenvalue weighted by molar-refractivity contribution is 6.06. The molecule has 2 aliphatic rings. The van der Waals surface area contributed by atoms with E-state index < -0.39 is 17.8 Å². The van der Waals surface area contributed by atoms with E-state index in [1.807, 2.05) is 6.07 Å². The number of ether oxygens (including phenoxy) is 2. The quantitative estimate of drug-likeness (QED) is 0.567. The highest BCUT2D eigenvalue weighted by atomic mass is 16.6. The number of nitrogens with one attached hydrogen (secondary N) is 1. The largest absolute Gasteiger partial charge is 0.393 e. The average Bonchev–Trinajstić information content (AvgIpc) is 3.26. The number of fused-ring (bicyclic) bond motifs is 3. The zero-order chi connectivity index (χ0) is 20.0. The van der Waals surface area contributed by atoms with Gasteiger partial charge in [0.25, 0.3) is 5.91 Å². The van der Waals surface area contributed by atoms with E-state index >= 15 is 0 Å². The molecule has 0 aliphatic carbocycles. The fraction of sp³-hybridized carbons (Fsp3) is 0.368. The van der Waals surface area contributed by atoms with Crippen molar-refractivity contribution in [2.75, 3.05) is 25.1 Å². The summed E-state index contributed by atoms with van der Waals surface area (Å²) in [6, 6.07) is 8.42. The highest BCUT2D eigenvalue weighted by Gasteiger charge is 2.57. The number of rotatable bonds is 4. The summed E-state index contributed by atoms with van der Waals surface area (Å²) in [6.45, 7) is 0.0230. The summed E-state index contributed by atoms with van der Waals surface area (Å²) in [5.74, 6) is -0.0136. The first kappa shape index (κ1) is 18.1. The Morgan fingerprint density at radius 1 is 1.28 bits per heavy atom. The molecule has 4 heterocycles. The maximum Gasteiger partial charge on any atom is 0.256 e. The van der Waals surface area contributed by atoms with Gasteiger partial charge in [0.15, 0.2) is 17.0 Å². The Bertz CT molecular complexity index is 1060. The summed E-state index contributed by atoms with van der Waals surface area (Å²) in [4.78, 5) is 25.3. The lowest BCUT2D eigenvalue weighted by atomic mass is 9.90. The van der Waals surface area contributed by atoms with Gasteiger partial charge in [-0.2, -0.15) is 0 Å². The first-order valence-electron chi connectivity index (χ1n) is 9.21. The number of benzene rings is 1. The van der Waals surface area contributed by atoms with Gasteiger partial charge >= 0.3 is 0 Å². The van der Waals surface area contributed by atoms with E-state index in [1.54, 1.807) is 35.2 Å². The lowest BCUT2D eigenvalue weighted by Crippen LogP contribution is -2.56. The topological polar surface area (TPSA) is 132 Å². The molecule has 2 aliphatic heterocycles. The SMILES string of the molecule is O=C(Nc1ncnc2c1ncn2C1COC2(CO)COC1C2O)c1ccccc1. The molecule has 2 fully saturated rings. The molecule has 0 saturated carbocycles. The average molecular weight is 397 g/mol. The maximum atomic E-state index is 12.5. The minimum absolute atomic E-state index is 0.117. The fourth-order valence-electron chi connectivity index (χ4n) is 3.89. The van der Waals surface area contributed by atoms with Crippen LogP contribution in [0.4, 0.5) is 5.82 Å². The van der Waals surface area contributed by atoms with Gasteiger partial charge in [0, 0.05) is 5.56 Å². The van der Waals surface area contributed by atoms with Crippen molar-refractivity contribution in [3.63, 3.8) is 0 Å². The fourth-order valence-corrected chi connectivity index (χ4v) is 3.89. The van der Waals surface area contributed by atoms with Crippen LogP contribution in [0.5, 0.6) is 0 Å². The number of carbonyl (C=O) groups excluding carboxylic acids is 1. The molecule has 5 rings (SSSR count). The van der Waals surface area contributed by atoms with E-state index in [9.17, 15) is 15.0 Å². The molecule has 2 aromatic heterocycles. The zero-order valence-electron chi connectivity index (χ0n) is 15.3. The van der Waals surface area contributed by atoms with Crippen LogP contribution < -0.4 is 5.32 Å². The van der Waals surface area contributed by atoms with Crippen LogP contribution >= 0.6 is 0 Å². The Morgan fingerprint density at radius 3 is 2.90 bits per heavy atom. The molecule has 1 amide bonds. The van der Waals surface area contributed by atoms with Crippen LogP contribution in [-0.4, -0.2) is 73.3 Å². The third-order valence-corrected chi connectivity index (χ3v) is 5.54. The Morgan fingerprint density at radius 2 is 2.10 bits per heavy atom. The normalized spacial score (nSPS) is 28.6. The number of hydrogen-bond acceptors (Lipinski definition) is 8. The van der Waals surface area contributed by atoms with Crippen LogP contribution in [0.2, 0.25) is 0 Å². The van der Waals surface area contributed by atoms with Gasteiger partial charge in [0.1, 0.15) is 24.1 Å². The second-order valence-corrected chi connectivity index (χ2v) is 7.19. The third-order valence-electron chi connectivity index (χ3n) is 5.54. The summed E-state index contributed by atoms with van der Waals surface area (Å²) in [5, 5.41) is 22.9. The Kier molecular flexibility index (Phi) is 4.28. The summed E-state index contributed by atoms with van der Waals surface area (Å²) in [5.41, 5.74) is 0.322. The minimum atomic E-state index is -1.08. The smallest absolute Gasteiger partial charge is 0.256 e. The predicted molar refractivity (Wildman–Crippen MR) is 100 cm³/mol. The molecule has 29 heavy (non-hydrogen) atoms. The summed E-state index contributed by atoms with van der Waals surface area (Å²) in [6.07, 6.45) is 1.37. The van der Waals surface area contributed by atoms with Crippen LogP contribution in [0.1, 0.15) is 16.4 Å². The predicted octanol–water partition coefficient (Wildman–Crippen LogP) is 0.141. The molecule has 0 radical (unpaired) electrons. The van der Waals surface area contributed by atoms with Gasteiger partial charge in [-0.15, -0.1) is 0 Å². The summed E-state index contributed by atoms with van der Waals surface area (Å²) >= 11 is 0. The maximum absolute atomic E-state index is 12.5. The number of carbonyl (C=O) groups is 1. The van der Waals surface area contributed by atoms with Crippen molar-refractivity contribution < 1.29 is 24.5 Å². The Labute approximate surface area is 165 Å². The van der Waals surface area contributed by atoms with Crippen LogP contribution in [-0.2, 0) is 9.47 Å². The second kappa shape index (κ2) is 6.85.